The highest BCUT2D eigenvalue weighted by molar-refractivity contribution is 6.35. The smallest absolute Gasteiger partial charge is 0.408 e. The van der Waals surface area contributed by atoms with Crippen molar-refractivity contribution in [1.82, 2.24) is 10.2 Å². The molecule has 0 bridgehead atoms. The van der Waals surface area contributed by atoms with E-state index in [9.17, 15) is 18.3 Å². The molecule has 0 radical (unpaired) electrons. The standard InChI is InChI=1S/C12H13Cl2F3N2O.ClH/c13-7-5-8(10(20)9(14)6-7)11(12(15,16)17)19-3-1-18-2-4-19;/h5-6,11,18,20H,1-4H2;1H/t11-;/m1./s1. The van der Waals surface area contributed by atoms with E-state index in [2.05, 4.69) is 5.32 Å². The summed E-state index contributed by atoms with van der Waals surface area (Å²) < 4.78 is 40.1. The number of hydrogen-bond acceptors (Lipinski definition) is 3. The minimum atomic E-state index is -4.52. The van der Waals surface area contributed by atoms with Gasteiger partial charge in [0.25, 0.3) is 0 Å². The van der Waals surface area contributed by atoms with Gasteiger partial charge >= 0.3 is 6.18 Å². The van der Waals surface area contributed by atoms with Crippen molar-refractivity contribution in [3.63, 3.8) is 0 Å². The number of nitrogens with one attached hydrogen (secondary N) is 1. The second-order valence-electron chi connectivity index (χ2n) is 4.56. The molecule has 1 aromatic carbocycles. The minimum Gasteiger partial charge on any atom is -0.506 e. The lowest BCUT2D eigenvalue weighted by Crippen LogP contribution is -2.49. The maximum Gasteiger partial charge on any atom is 0.408 e. The molecule has 0 unspecified atom stereocenters. The molecule has 1 heterocycles. The van der Waals surface area contributed by atoms with E-state index in [0.717, 1.165) is 6.07 Å². The van der Waals surface area contributed by atoms with Crippen molar-refractivity contribution in [2.24, 2.45) is 0 Å². The Morgan fingerprint density at radius 1 is 1.19 bits per heavy atom. The van der Waals surface area contributed by atoms with Gasteiger partial charge in [-0.25, -0.2) is 0 Å². The molecule has 0 aromatic heterocycles. The Morgan fingerprint density at radius 2 is 1.76 bits per heavy atom. The van der Waals surface area contributed by atoms with Crippen LogP contribution in [-0.2, 0) is 0 Å². The van der Waals surface area contributed by atoms with Crippen molar-refractivity contribution in [2.45, 2.75) is 12.2 Å². The molecule has 3 nitrogen and oxygen atoms in total. The summed E-state index contributed by atoms with van der Waals surface area (Å²) in [5, 5.41) is 12.7. The van der Waals surface area contributed by atoms with E-state index in [0.29, 0.717) is 13.1 Å². The monoisotopic (exact) mass is 364 g/mol. The molecule has 2 N–H and O–H groups in total. The molecule has 1 aromatic rings. The summed E-state index contributed by atoms with van der Waals surface area (Å²) in [6, 6.07) is 0.414. The van der Waals surface area contributed by atoms with Crippen molar-refractivity contribution in [3.8, 4) is 5.75 Å². The van der Waals surface area contributed by atoms with E-state index in [4.69, 9.17) is 23.2 Å². The summed E-state index contributed by atoms with van der Waals surface area (Å²) in [5.74, 6) is -0.572. The second kappa shape index (κ2) is 7.24. The molecule has 1 aliphatic rings. The molecule has 21 heavy (non-hydrogen) atoms. The highest BCUT2D eigenvalue weighted by Gasteiger charge is 2.46. The third-order valence-corrected chi connectivity index (χ3v) is 3.69. The van der Waals surface area contributed by atoms with Crippen molar-refractivity contribution in [3.05, 3.63) is 27.7 Å². The molecule has 1 fully saturated rings. The average Bonchev–Trinajstić information content (AvgIpc) is 2.35. The van der Waals surface area contributed by atoms with Gasteiger partial charge in [0, 0.05) is 36.8 Å². The quantitative estimate of drug-likeness (QED) is 0.840. The van der Waals surface area contributed by atoms with Crippen molar-refractivity contribution in [2.75, 3.05) is 26.2 Å². The Morgan fingerprint density at radius 3 is 2.29 bits per heavy atom. The zero-order valence-electron chi connectivity index (χ0n) is 10.8. The number of halogens is 6. The minimum absolute atomic E-state index is 0. The number of hydrogen-bond donors (Lipinski definition) is 2. The molecule has 9 heteroatoms. The highest BCUT2D eigenvalue weighted by Crippen LogP contribution is 2.44. The van der Waals surface area contributed by atoms with E-state index in [-0.39, 0.29) is 41.1 Å². The lowest BCUT2D eigenvalue weighted by Gasteiger charge is -2.36. The maximum atomic E-state index is 13.4. The Kier molecular flexibility index (Phi) is 6.43. The van der Waals surface area contributed by atoms with E-state index < -0.39 is 18.0 Å². The van der Waals surface area contributed by atoms with Gasteiger partial charge in [0.15, 0.2) is 0 Å². The highest BCUT2D eigenvalue weighted by atomic mass is 35.5. The summed E-state index contributed by atoms with van der Waals surface area (Å²) >= 11 is 11.5. The largest absolute Gasteiger partial charge is 0.506 e. The zero-order valence-corrected chi connectivity index (χ0v) is 13.1. The predicted octanol–water partition coefficient (Wildman–Crippen LogP) is 3.63. The Hall–Kier alpha value is -0.400. The molecule has 0 spiro atoms. The van der Waals surface area contributed by atoms with Crippen LogP contribution in [0.1, 0.15) is 11.6 Å². The Labute approximate surface area is 136 Å². The number of aromatic hydroxyl groups is 1. The molecule has 0 saturated carbocycles. The van der Waals surface area contributed by atoms with E-state index in [1.54, 1.807) is 0 Å². The molecule has 1 atom stereocenters. The summed E-state index contributed by atoms with van der Waals surface area (Å²) in [6.45, 7) is 1.38. The van der Waals surface area contributed by atoms with E-state index >= 15 is 0 Å². The van der Waals surface area contributed by atoms with Gasteiger partial charge in [0.1, 0.15) is 11.8 Å². The van der Waals surface area contributed by atoms with Gasteiger partial charge < -0.3 is 10.4 Å². The van der Waals surface area contributed by atoms with Crippen LogP contribution in [0.15, 0.2) is 12.1 Å². The van der Waals surface area contributed by atoms with Crippen LogP contribution in [0.4, 0.5) is 13.2 Å². The molecule has 1 saturated heterocycles. The molecule has 0 aliphatic carbocycles. The van der Waals surface area contributed by atoms with Gasteiger partial charge in [-0.2, -0.15) is 13.2 Å². The molecule has 120 valence electrons. The molecule has 2 rings (SSSR count). The third kappa shape index (κ3) is 4.29. The average molecular weight is 366 g/mol. The SMILES string of the molecule is Cl.Oc1c(Cl)cc(Cl)cc1[C@@H](N1CCNCC1)C(F)(F)F. The second-order valence-corrected chi connectivity index (χ2v) is 5.40. The van der Waals surface area contributed by atoms with Gasteiger partial charge in [0.05, 0.1) is 5.02 Å². The van der Waals surface area contributed by atoms with Crippen LogP contribution in [0.5, 0.6) is 5.75 Å². The maximum absolute atomic E-state index is 13.4. The number of alkyl halides is 3. The first-order valence-electron chi connectivity index (χ1n) is 6.00. The Bertz CT molecular complexity index is 493. The van der Waals surface area contributed by atoms with Gasteiger partial charge in [-0.1, -0.05) is 23.2 Å². The lowest BCUT2D eigenvalue weighted by atomic mass is 10.0. The van der Waals surface area contributed by atoms with Gasteiger partial charge in [-0.15, -0.1) is 12.4 Å². The number of phenols is 1. The lowest BCUT2D eigenvalue weighted by molar-refractivity contribution is -0.188. The van der Waals surface area contributed by atoms with Crippen LogP contribution in [0.2, 0.25) is 10.0 Å². The number of piperazine rings is 1. The first-order chi connectivity index (χ1) is 9.30. The predicted molar refractivity (Wildman–Crippen MR) is 78.6 cm³/mol. The van der Waals surface area contributed by atoms with E-state index in [1.807, 2.05) is 0 Å². The Balaban J connectivity index is 0.00000220. The van der Waals surface area contributed by atoms with Gasteiger partial charge in [0.2, 0.25) is 0 Å². The molecule has 0 amide bonds. The number of phenolic OH excluding ortho intramolecular Hbond substituents is 1. The fraction of sp³-hybridized carbons (Fsp3) is 0.500. The summed E-state index contributed by atoms with van der Waals surface area (Å²) in [6.07, 6.45) is -4.52. The molecule has 1 aliphatic heterocycles. The topological polar surface area (TPSA) is 35.5 Å². The van der Waals surface area contributed by atoms with Gasteiger partial charge in [-0.3, -0.25) is 4.90 Å². The first kappa shape index (κ1) is 18.6. The van der Waals surface area contributed by atoms with Crippen LogP contribution in [-0.4, -0.2) is 42.4 Å². The fourth-order valence-electron chi connectivity index (χ4n) is 2.31. The summed E-state index contributed by atoms with van der Waals surface area (Å²) in [4.78, 5) is 1.26. The normalized spacial score (nSPS) is 18.1. The number of nitrogens with zero attached hydrogens (tertiary/aromatic N) is 1. The summed E-state index contributed by atoms with van der Waals surface area (Å²) in [7, 11) is 0. The fourth-order valence-corrected chi connectivity index (χ4v) is 2.82. The molecular weight excluding hydrogens is 351 g/mol. The zero-order chi connectivity index (χ0) is 14.9. The third-order valence-electron chi connectivity index (χ3n) is 3.18. The van der Waals surface area contributed by atoms with Crippen molar-refractivity contribution in [1.29, 1.82) is 0 Å². The van der Waals surface area contributed by atoms with Crippen LogP contribution in [0, 0.1) is 0 Å². The van der Waals surface area contributed by atoms with Crippen LogP contribution in [0.25, 0.3) is 0 Å². The van der Waals surface area contributed by atoms with Crippen molar-refractivity contribution < 1.29 is 18.3 Å². The van der Waals surface area contributed by atoms with Gasteiger partial charge in [-0.05, 0) is 12.1 Å². The molecular formula is C12H14Cl3F3N2O. The van der Waals surface area contributed by atoms with E-state index in [1.165, 1.54) is 11.0 Å². The van der Waals surface area contributed by atoms with Crippen LogP contribution >= 0.6 is 35.6 Å². The number of benzene rings is 1. The summed E-state index contributed by atoms with van der Waals surface area (Å²) in [5.41, 5.74) is -0.308. The number of rotatable bonds is 2. The first-order valence-corrected chi connectivity index (χ1v) is 6.75. The van der Waals surface area contributed by atoms with Crippen LogP contribution in [0.3, 0.4) is 0 Å². The van der Waals surface area contributed by atoms with Crippen LogP contribution < -0.4 is 5.32 Å². The van der Waals surface area contributed by atoms with Crippen molar-refractivity contribution >= 4 is 35.6 Å².